The van der Waals surface area contributed by atoms with E-state index in [1.54, 1.807) is 30.0 Å². The zero-order valence-electron chi connectivity index (χ0n) is 15.6. The molecule has 142 valence electrons. The highest BCUT2D eigenvalue weighted by molar-refractivity contribution is 7.89. The quantitative estimate of drug-likeness (QED) is 0.883. The molecule has 0 bridgehead atoms. The van der Waals surface area contributed by atoms with Gasteiger partial charge in [0.25, 0.3) is 0 Å². The van der Waals surface area contributed by atoms with Crippen molar-refractivity contribution in [3.8, 4) is 0 Å². The van der Waals surface area contributed by atoms with Gasteiger partial charge in [-0.25, -0.2) is 13.1 Å². The number of carbonyl (C=O) groups is 1. The predicted molar refractivity (Wildman–Crippen MR) is 105 cm³/mol. The first-order chi connectivity index (χ1) is 12.9. The van der Waals surface area contributed by atoms with Gasteiger partial charge in [-0.3, -0.25) is 4.79 Å². The van der Waals surface area contributed by atoms with Gasteiger partial charge < -0.3 is 4.90 Å². The molecule has 1 amide bonds. The summed E-state index contributed by atoms with van der Waals surface area (Å²) in [6.07, 6.45) is 3.44. The van der Waals surface area contributed by atoms with E-state index in [4.69, 9.17) is 0 Å². The topological polar surface area (TPSA) is 66.5 Å². The third kappa shape index (κ3) is 3.28. The molecule has 2 atom stereocenters. The molecule has 27 heavy (non-hydrogen) atoms. The molecule has 2 aromatic rings. The number of hydrogen-bond acceptors (Lipinski definition) is 3. The zero-order valence-corrected chi connectivity index (χ0v) is 16.4. The van der Waals surface area contributed by atoms with Crippen LogP contribution in [0.15, 0.2) is 47.4 Å². The number of carbonyl (C=O) groups excluding carboxylic acids is 1. The number of aryl methyl sites for hydroxylation is 1. The summed E-state index contributed by atoms with van der Waals surface area (Å²) in [5, 5.41) is 0. The number of nitrogens with one attached hydrogen (secondary N) is 1. The highest BCUT2D eigenvalue weighted by Crippen LogP contribution is 2.35. The van der Waals surface area contributed by atoms with Crippen molar-refractivity contribution in [1.82, 2.24) is 4.72 Å². The van der Waals surface area contributed by atoms with Gasteiger partial charge in [-0.1, -0.05) is 24.3 Å². The number of hydrogen-bond donors (Lipinski definition) is 1. The van der Waals surface area contributed by atoms with Gasteiger partial charge >= 0.3 is 0 Å². The van der Waals surface area contributed by atoms with E-state index < -0.39 is 10.0 Å². The van der Waals surface area contributed by atoms with Crippen molar-refractivity contribution >= 4 is 21.6 Å². The van der Waals surface area contributed by atoms with E-state index in [1.807, 2.05) is 25.1 Å². The van der Waals surface area contributed by atoms with Crippen LogP contribution in [0, 0.1) is 0 Å². The number of benzene rings is 2. The van der Waals surface area contributed by atoms with Crippen LogP contribution < -0.4 is 9.62 Å². The molecule has 6 heteroatoms. The van der Waals surface area contributed by atoms with Gasteiger partial charge in [0.2, 0.25) is 15.9 Å². The smallest absolute Gasteiger partial charge is 0.241 e. The van der Waals surface area contributed by atoms with Crippen LogP contribution in [0.25, 0.3) is 0 Å². The molecule has 1 aliphatic carbocycles. The SMILES string of the molecule is CC(=O)N1c2ccc(S(=O)(=O)N[C@H]3CCCc4ccccc43)cc2C[C@H]1C. The minimum atomic E-state index is -3.63. The molecule has 2 aromatic carbocycles. The van der Waals surface area contributed by atoms with Gasteiger partial charge in [-0.05, 0) is 67.5 Å². The lowest BCUT2D eigenvalue weighted by Crippen LogP contribution is -2.33. The van der Waals surface area contributed by atoms with Crippen molar-refractivity contribution in [2.45, 2.75) is 56.5 Å². The molecule has 0 saturated heterocycles. The molecule has 0 saturated carbocycles. The molecule has 5 nitrogen and oxygen atoms in total. The summed E-state index contributed by atoms with van der Waals surface area (Å²) in [6, 6.07) is 13.0. The Labute approximate surface area is 160 Å². The van der Waals surface area contributed by atoms with Crippen LogP contribution in [0.3, 0.4) is 0 Å². The van der Waals surface area contributed by atoms with Crippen molar-refractivity contribution in [3.05, 3.63) is 59.2 Å². The molecule has 0 radical (unpaired) electrons. The van der Waals surface area contributed by atoms with Gasteiger partial charge in [-0.2, -0.15) is 0 Å². The Balaban J connectivity index is 1.63. The van der Waals surface area contributed by atoms with Crippen molar-refractivity contribution < 1.29 is 13.2 Å². The van der Waals surface area contributed by atoms with Crippen LogP contribution in [0.2, 0.25) is 0 Å². The van der Waals surface area contributed by atoms with Gasteiger partial charge in [0.1, 0.15) is 0 Å². The van der Waals surface area contributed by atoms with Gasteiger partial charge in [-0.15, -0.1) is 0 Å². The standard InChI is InChI=1S/C21H24N2O3S/c1-14-12-17-13-18(10-11-21(17)23(14)15(2)24)27(25,26)22-20-9-5-7-16-6-3-4-8-19(16)20/h3-4,6,8,10-11,13-14,20,22H,5,7,9,12H2,1-2H3/t14-,20+/m1/s1. The Bertz CT molecular complexity index is 1000. The fourth-order valence-corrected chi connectivity index (χ4v) is 5.69. The second-order valence-corrected chi connectivity index (χ2v) is 9.21. The Morgan fingerprint density at radius 1 is 1.15 bits per heavy atom. The van der Waals surface area contributed by atoms with Crippen LogP contribution >= 0.6 is 0 Å². The molecular weight excluding hydrogens is 360 g/mol. The summed E-state index contributed by atoms with van der Waals surface area (Å²) in [5.41, 5.74) is 4.02. The number of fused-ring (bicyclic) bond motifs is 2. The van der Waals surface area contributed by atoms with Crippen molar-refractivity contribution in [3.63, 3.8) is 0 Å². The van der Waals surface area contributed by atoms with E-state index in [9.17, 15) is 13.2 Å². The monoisotopic (exact) mass is 384 g/mol. The maximum Gasteiger partial charge on any atom is 0.241 e. The third-order valence-electron chi connectivity index (χ3n) is 5.58. The molecule has 0 spiro atoms. The first-order valence-electron chi connectivity index (χ1n) is 9.39. The molecule has 2 aliphatic rings. The summed E-state index contributed by atoms with van der Waals surface area (Å²) in [5.74, 6) is -0.0196. The normalized spacial score (nSPS) is 21.6. The van der Waals surface area contributed by atoms with Gasteiger partial charge in [0.15, 0.2) is 0 Å². The van der Waals surface area contributed by atoms with E-state index in [-0.39, 0.29) is 22.9 Å². The number of rotatable bonds is 3. The van der Waals surface area contributed by atoms with E-state index in [0.717, 1.165) is 36.1 Å². The van der Waals surface area contributed by atoms with Crippen LogP contribution in [-0.2, 0) is 27.7 Å². The average Bonchev–Trinajstić information content (AvgIpc) is 2.97. The number of anilines is 1. The maximum absolute atomic E-state index is 13.0. The van der Waals surface area contributed by atoms with Crippen LogP contribution in [0.4, 0.5) is 5.69 Å². The van der Waals surface area contributed by atoms with Crippen molar-refractivity contribution in [1.29, 1.82) is 0 Å². The van der Waals surface area contributed by atoms with E-state index in [2.05, 4.69) is 10.8 Å². The number of amides is 1. The summed E-state index contributed by atoms with van der Waals surface area (Å²) < 4.78 is 28.9. The molecule has 1 N–H and O–H groups in total. The second-order valence-electron chi connectivity index (χ2n) is 7.50. The number of nitrogens with zero attached hydrogens (tertiary/aromatic N) is 1. The Kier molecular flexibility index (Phi) is 4.56. The number of sulfonamides is 1. The van der Waals surface area contributed by atoms with Crippen molar-refractivity contribution in [2.75, 3.05) is 4.90 Å². The highest BCUT2D eigenvalue weighted by Gasteiger charge is 2.31. The largest absolute Gasteiger partial charge is 0.309 e. The Hall–Kier alpha value is -2.18. The molecule has 0 unspecified atom stereocenters. The molecule has 4 rings (SSSR count). The fourth-order valence-electron chi connectivity index (χ4n) is 4.39. The highest BCUT2D eigenvalue weighted by atomic mass is 32.2. The lowest BCUT2D eigenvalue weighted by molar-refractivity contribution is -0.116. The summed E-state index contributed by atoms with van der Waals surface area (Å²) in [4.78, 5) is 13.9. The second kappa shape index (κ2) is 6.77. The van der Waals surface area contributed by atoms with E-state index in [1.165, 1.54) is 5.56 Å². The molecule has 1 heterocycles. The summed E-state index contributed by atoms with van der Waals surface area (Å²) in [6.45, 7) is 3.52. The Morgan fingerprint density at radius 3 is 2.70 bits per heavy atom. The zero-order chi connectivity index (χ0) is 19.2. The lowest BCUT2D eigenvalue weighted by Gasteiger charge is -2.26. The van der Waals surface area contributed by atoms with E-state index in [0.29, 0.717) is 6.42 Å². The first kappa shape index (κ1) is 18.2. The molecule has 0 aromatic heterocycles. The van der Waals surface area contributed by atoms with Crippen LogP contribution in [-0.4, -0.2) is 20.4 Å². The average molecular weight is 385 g/mol. The van der Waals surface area contributed by atoms with Crippen LogP contribution in [0.1, 0.15) is 49.4 Å². The van der Waals surface area contributed by atoms with Crippen molar-refractivity contribution in [2.24, 2.45) is 0 Å². The van der Waals surface area contributed by atoms with Crippen LogP contribution in [0.5, 0.6) is 0 Å². The Morgan fingerprint density at radius 2 is 1.93 bits per heavy atom. The lowest BCUT2D eigenvalue weighted by atomic mass is 9.88. The first-order valence-corrected chi connectivity index (χ1v) is 10.9. The third-order valence-corrected chi connectivity index (χ3v) is 7.05. The maximum atomic E-state index is 13.0. The molecular formula is C21H24N2O3S. The molecule has 1 aliphatic heterocycles. The minimum Gasteiger partial charge on any atom is -0.309 e. The fraction of sp³-hybridized carbons (Fsp3) is 0.381. The van der Waals surface area contributed by atoms with Gasteiger partial charge in [0, 0.05) is 24.7 Å². The minimum absolute atomic E-state index is 0.0196. The predicted octanol–water partition coefficient (Wildman–Crippen LogP) is 3.34. The molecule has 0 fully saturated rings. The summed E-state index contributed by atoms with van der Waals surface area (Å²) in [7, 11) is -3.63. The van der Waals surface area contributed by atoms with Gasteiger partial charge in [0.05, 0.1) is 4.90 Å². The summed E-state index contributed by atoms with van der Waals surface area (Å²) >= 11 is 0. The van der Waals surface area contributed by atoms with E-state index >= 15 is 0 Å².